The molecule has 6 nitrogen and oxygen atoms in total. The van der Waals surface area contributed by atoms with Crippen molar-refractivity contribution in [2.24, 2.45) is 5.92 Å². The van der Waals surface area contributed by atoms with Crippen LogP contribution in [0.4, 0.5) is 4.79 Å². The Hall–Kier alpha value is -1.98. The third-order valence-corrected chi connectivity index (χ3v) is 3.37. The Kier molecular flexibility index (Phi) is 5.25. The largest absolute Gasteiger partial charge is 0.459 e. The number of nitrogens with one attached hydrogen (secondary N) is 1. The summed E-state index contributed by atoms with van der Waals surface area (Å²) in [5, 5.41) is 2.92. The van der Waals surface area contributed by atoms with Gasteiger partial charge in [0.1, 0.15) is 0 Å². The van der Waals surface area contributed by atoms with E-state index in [9.17, 15) is 9.59 Å². The first-order valence-electron chi connectivity index (χ1n) is 7.32. The zero-order chi connectivity index (χ0) is 15.2. The van der Waals surface area contributed by atoms with Gasteiger partial charge in [0, 0.05) is 19.1 Å². The van der Waals surface area contributed by atoms with Crippen LogP contribution in [0.5, 0.6) is 0 Å². The zero-order valence-electron chi connectivity index (χ0n) is 12.5. The molecule has 0 radical (unpaired) electrons. The molecule has 2 heterocycles. The van der Waals surface area contributed by atoms with Crippen molar-refractivity contribution in [3.63, 3.8) is 0 Å². The number of carbonyl (C=O) groups is 2. The molecule has 0 aliphatic carbocycles. The van der Waals surface area contributed by atoms with Crippen LogP contribution in [0.1, 0.15) is 37.2 Å². The average molecular weight is 294 g/mol. The summed E-state index contributed by atoms with van der Waals surface area (Å²) in [5.74, 6) is 0.439. The Morgan fingerprint density at radius 3 is 2.71 bits per heavy atom. The maximum atomic E-state index is 11.9. The van der Waals surface area contributed by atoms with Crippen LogP contribution >= 0.6 is 0 Å². The summed E-state index contributed by atoms with van der Waals surface area (Å²) in [4.78, 5) is 25.4. The van der Waals surface area contributed by atoms with E-state index in [1.807, 2.05) is 13.8 Å². The van der Waals surface area contributed by atoms with Crippen LogP contribution in [0.15, 0.2) is 22.8 Å². The van der Waals surface area contributed by atoms with Crippen molar-refractivity contribution in [2.45, 2.75) is 32.7 Å². The summed E-state index contributed by atoms with van der Waals surface area (Å²) in [6, 6.07) is 3.38. The minimum absolute atomic E-state index is 0.0664. The van der Waals surface area contributed by atoms with Crippen LogP contribution in [0.3, 0.4) is 0 Å². The van der Waals surface area contributed by atoms with Gasteiger partial charge in [-0.3, -0.25) is 4.79 Å². The Balaban J connectivity index is 1.73. The monoisotopic (exact) mass is 294 g/mol. The lowest BCUT2D eigenvalue weighted by atomic mass is 10.1. The van der Waals surface area contributed by atoms with Gasteiger partial charge in [0.25, 0.3) is 5.91 Å². The number of likely N-dealkylation sites (tertiary alicyclic amines) is 1. The molecule has 0 bridgehead atoms. The summed E-state index contributed by atoms with van der Waals surface area (Å²) in [6.07, 6.45) is 2.66. The van der Waals surface area contributed by atoms with Crippen LogP contribution in [-0.2, 0) is 4.74 Å². The Labute approximate surface area is 124 Å². The Morgan fingerprint density at radius 1 is 1.43 bits per heavy atom. The molecule has 0 spiro atoms. The molecule has 2 amide bonds. The summed E-state index contributed by atoms with van der Waals surface area (Å²) in [5.41, 5.74) is 0. The molecule has 0 aromatic carbocycles. The fourth-order valence-electron chi connectivity index (χ4n) is 2.20. The third-order valence-electron chi connectivity index (χ3n) is 3.37. The van der Waals surface area contributed by atoms with E-state index in [0.717, 1.165) is 12.8 Å². The van der Waals surface area contributed by atoms with E-state index in [4.69, 9.17) is 9.15 Å². The molecule has 1 aromatic rings. The van der Waals surface area contributed by atoms with E-state index >= 15 is 0 Å². The predicted octanol–water partition coefficient (Wildman–Crippen LogP) is 2.27. The quantitative estimate of drug-likeness (QED) is 0.924. The number of hydrogen-bond acceptors (Lipinski definition) is 4. The molecule has 21 heavy (non-hydrogen) atoms. The van der Waals surface area contributed by atoms with E-state index in [2.05, 4.69) is 5.32 Å². The topological polar surface area (TPSA) is 71.8 Å². The molecule has 0 saturated carbocycles. The standard InChI is InChI=1S/C15H22N2O4/c1-11(2)10-21-15(19)17-7-5-12(6-8-17)16-14(18)13-4-3-9-20-13/h3-4,9,11-12H,5-8,10H2,1-2H3,(H,16,18). The predicted molar refractivity (Wildman–Crippen MR) is 77.0 cm³/mol. The minimum Gasteiger partial charge on any atom is -0.459 e. The second-order valence-electron chi connectivity index (χ2n) is 5.68. The molecule has 1 saturated heterocycles. The van der Waals surface area contributed by atoms with E-state index < -0.39 is 0 Å². The van der Waals surface area contributed by atoms with Gasteiger partial charge in [-0.1, -0.05) is 13.8 Å². The van der Waals surface area contributed by atoms with Gasteiger partial charge in [0.2, 0.25) is 0 Å². The second kappa shape index (κ2) is 7.15. The molecule has 6 heteroatoms. The van der Waals surface area contributed by atoms with Crippen molar-refractivity contribution in [1.29, 1.82) is 0 Å². The lowest BCUT2D eigenvalue weighted by Gasteiger charge is -2.31. The van der Waals surface area contributed by atoms with Crippen LogP contribution < -0.4 is 5.32 Å². The molecule has 0 unspecified atom stereocenters. The van der Waals surface area contributed by atoms with E-state index in [1.54, 1.807) is 17.0 Å². The first-order chi connectivity index (χ1) is 10.1. The molecular weight excluding hydrogens is 272 g/mol. The highest BCUT2D eigenvalue weighted by Crippen LogP contribution is 2.13. The maximum Gasteiger partial charge on any atom is 0.409 e. The SMILES string of the molecule is CC(C)COC(=O)N1CCC(NC(=O)c2ccco2)CC1. The van der Waals surface area contributed by atoms with Gasteiger partial charge in [0.05, 0.1) is 12.9 Å². The summed E-state index contributed by atoms with van der Waals surface area (Å²) >= 11 is 0. The third kappa shape index (κ3) is 4.51. The number of furan rings is 1. The van der Waals surface area contributed by atoms with Crippen LogP contribution in [0.2, 0.25) is 0 Å². The molecule has 1 fully saturated rings. The molecule has 1 aliphatic rings. The number of amides is 2. The first-order valence-corrected chi connectivity index (χ1v) is 7.32. The van der Waals surface area contributed by atoms with Crippen molar-refractivity contribution in [3.05, 3.63) is 24.2 Å². The van der Waals surface area contributed by atoms with E-state index in [1.165, 1.54) is 6.26 Å². The first kappa shape index (κ1) is 15.4. The Morgan fingerprint density at radius 2 is 2.14 bits per heavy atom. The number of rotatable bonds is 4. The number of carbonyl (C=O) groups excluding carboxylic acids is 2. The number of ether oxygens (including phenoxy) is 1. The van der Waals surface area contributed by atoms with Crippen molar-refractivity contribution >= 4 is 12.0 Å². The second-order valence-corrected chi connectivity index (χ2v) is 5.68. The van der Waals surface area contributed by atoms with Crippen molar-refractivity contribution < 1.29 is 18.7 Å². The molecule has 1 aliphatic heterocycles. The highest BCUT2D eigenvalue weighted by Gasteiger charge is 2.25. The highest BCUT2D eigenvalue weighted by atomic mass is 16.6. The van der Waals surface area contributed by atoms with Gasteiger partial charge in [-0.15, -0.1) is 0 Å². The van der Waals surface area contributed by atoms with Gasteiger partial charge in [-0.05, 0) is 30.9 Å². The maximum absolute atomic E-state index is 11.9. The molecular formula is C15H22N2O4. The van der Waals surface area contributed by atoms with Gasteiger partial charge < -0.3 is 19.4 Å². The average Bonchev–Trinajstić information content (AvgIpc) is 3.00. The summed E-state index contributed by atoms with van der Waals surface area (Å²) in [7, 11) is 0. The molecule has 2 rings (SSSR count). The summed E-state index contributed by atoms with van der Waals surface area (Å²) < 4.78 is 10.3. The summed E-state index contributed by atoms with van der Waals surface area (Å²) in [6.45, 7) is 5.64. The normalized spacial score (nSPS) is 16.0. The van der Waals surface area contributed by atoms with Gasteiger partial charge in [-0.2, -0.15) is 0 Å². The van der Waals surface area contributed by atoms with E-state index in [-0.39, 0.29) is 18.0 Å². The lowest BCUT2D eigenvalue weighted by molar-refractivity contribution is 0.0776. The molecule has 1 N–H and O–H groups in total. The van der Waals surface area contributed by atoms with Crippen molar-refractivity contribution in [3.8, 4) is 0 Å². The molecule has 1 aromatic heterocycles. The Bertz CT molecular complexity index is 462. The zero-order valence-corrected chi connectivity index (χ0v) is 12.5. The number of piperidine rings is 1. The number of hydrogen-bond donors (Lipinski definition) is 1. The fourth-order valence-corrected chi connectivity index (χ4v) is 2.20. The minimum atomic E-state index is -0.264. The van der Waals surface area contributed by atoms with E-state index in [0.29, 0.717) is 31.4 Å². The highest BCUT2D eigenvalue weighted by molar-refractivity contribution is 5.91. The van der Waals surface area contributed by atoms with Crippen LogP contribution in [0.25, 0.3) is 0 Å². The van der Waals surface area contributed by atoms with Crippen molar-refractivity contribution in [2.75, 3.05) is 19.7 Å². The van der Waals surface area contributed by atoms with Gasteiger partial charge in [0.15, 0.2) is 5.76 Å². The lowest BCUT2D eigenvalue weighted by Crippen LogP contribution is -2.46. The molecule has 0 atom stereocenters. The fraction of sp³-hybridized carbons (Fsp3) is 0.600. The van der Waals surface area contributed by atoms with Crippen LogP contribution in [-0.4, -0.2) is 42.6 Å². The number of nitrogens with zero attached hydrogens (tertiary/aromatic N) is 1. The molecule has 116 valence electrons. The van der Waals surface area contributed by atoms with Gasteiger partial charge >= 0.3 is 6.09 Å². The van der Waals surface area contributed by atoms with Crippen molar-refractivity contribution in [1.82, 2.24) is 10.2 Å². The van der Waals surface area contributed by atoms with Crippen LogP contribution in [0, 0.1) is 5.92 Å². The van der Waals surface area contributed by atoms with Gasteiger partial charge in [-0.25, -0.2) is 4.79 Å². The smallest absolute Gasteiger partial charge is 0.409 e.